The van der Waals surface area contributed by atoms with Gasteiger partial charge in [-0.15, -0.1) is 0 Å². The van der Waals surface area contributed by atoms with Crippen LogP contribution in [0.15, 0.2) is 57.9 Å². The molecule has 0 aliphatic carbocycles. The Balaban J connectivity index is 1.44. The average molecular weight is 458 g/mol. The molecule has 9 nitrogen and oxygen atoms in total. The van der Waals surface area contributed by atoms with Crippen molar-refractivity contribution >= 4 is 16.0 Å². The number of esters is 1. The van der Waals surface area contributed by atoms with Crippen LogP contribution in [0.2, 0.25) is 0 Å². The summed E-state index contributed by atoms with van der Waals surface area (Å²) in [6.45, 7) is 3.10. The molecular weight excluding hydrogens is 434 g/mol. The van der Waals surface area contributed by atoms with E-state index in [9.17, 15) is 13.2 Å². The maximum absolute atomic E-state index is 12.7. The lowest BCUT2D eigenvalue weighted by molar-refractivity contribution is 0.0429. The van der Waals surface area contributed by atoms with Crippen LogP contribution in [-0.4, -0.2) is 48.5 Å². The van der Waals surface area contributed by atoms with Crippen LogP contribution in [0.25, 0.3) is 11.4 Å². The molecule has 0 bridgehead atoms. The average Bonchev–Trinajstić information content (AvgIpc) is 3.51. The molecule has 3 aromatic rings. The highest BCUT2D eigenvalue weighted by molar-refractivity contribution is 7.89. The monoisotopic (exact) mass is 457 g/mol. The van der Waals surface area contributed by atoms with Crippen molar-refractivity contribution in [3.63, 3.8) is 0 Å². The smallest absolute Gasteiger partial charge is 0.338 e. The standard InChI is InChI=1S/C22H23N3O6S/c1-2-29-19-11-4-3-10-18(19)21-23-20(31-24-21)15-30-22(26)16-8-7-9-17(14-16)32(27,28)25-12-5-6-13-25/h3-4,7-11,14H,2,5-6,12-13,15H2,1H3. The summed E-state index contributed by atoms with van der Waals surface area (Å²) in [5.74, 6) is 0.368. The molecule has 1 saturated heterocycles. The Kier molecular flexibility index (Phi) is 6.52. The molecule has 0 unspecified atom stereocenters. The molecule has 1 aromatic heterocycles. The third-order valence-electron chi connectivity index (χ3n) is 5.00. The van der Waals surface area contributed by atoms with Crippen LogP contribution in [0.4, 0.5) is 0 Å². The number of carbonyl (C=O) groups excluding carboxylic acids is 1. The Hall–Kier alpha value is -3.24. The minimum absolute atomic E-state index is 0.0708. The molecule has 2 heterocycles. The zero-order valence-corrected chi connectivity index (χ0v) is 18.4. The van der Waals surface area contributed by atoms with E-state index >= 15 is 0 Å². The molecule has 32 heavy (non-hydrogen) atoms. The summed E-state index contributed by atoms with van der Waals surface area (Å²) in [4.78, 5) is 16.8. The van der Waals surface area contributed by atoms with Gasteiger partial charge >= 0.3 is 5.97 Å². The molecule has 0 radical (unpaired) electrons. The predicted molar refractivity (Wildman–Crippen MR) is 114 cm³/mol. The van der Waals surface area contributed by atoms with Gasteiger partial charge in [0.05, 0.1) is 22.6 Å². The van der Waals surface area contributed by atoms with Crippen LogP contribution < -0.4 is 4.74 Å². The lowest BCUT2D eigenvalue weighted by Crippen LogP contribution is -2.28. The maximum atomic E-state index is 12.7. The molecule has 1 fully saturated rings. The number of hydrogen-bond acceptors (Lipinski definition) is 8. The van der Waals surface area contributed by atoms with Gasteiger partial charge in [-0.1, -0.05) is 23.4 Å². The van der Waals surface area contributed by atoms with E-state index in [4.69, 9.17) is 14.0 Å². The lowest BCUT2D eigenvalue weighted by Gasteiger charge is -2.15. The van der Waals surface area contributed by atoms with Gasteiger partial charge in [0.15, 0.2) is 6.61 Å². The third-order valence-corrected chi connectivity index (χ3v) is 6.89. The SMILES string of the molecule is CCOc1ccccc1-c1noc(COC(=O)c2cccc(S(=O)(=O)N3CCCC3)c2)n1. The van der Waals surface area contributed by atoms with E-state index in [1.807, 2.05) is 19.1 Å². The van der Waals surface area contributed by atoms with Gasteiger partial charge in [-0.2, -0.15) is 9.29 Å². The fraction of sp³-hybridized carbons (Fsp3) is 0.318. The van der Waals surface area contributed by atoms with Gasteiger partial charge in [0, 0.05) is 13.1 Å². The van der Waals surface area contributed by atoms with E-state index in [0.29, 0.717) is 36.8 Å². The van der Waals surface area contributed by atoms with Gasteiger partial charge in [0.25, 0.3) is 5.89 Å². The number of ether oxygens (including phenoxy) is 2. The number of rotatable bonds is 8. The first-order chi connectivity index (χ1) is 15.5. The van der Waals surface area contributed by atoms with Crippen LogP contribution in [0, 0.1) is 0 Å². The Morgan fingerprint density at radius 3 is 2.69 bits per heavy atom. The highest BCUT2D eigenvalue weighted by Crippen LogP contribution is 2.27. The number of para-hydroxylation sites is 1. The lowest BCUT2D eigenvalue weighted by atomic mass is 10.2. The number of hydrogen-bond donors (Lipinski definition) is 0. The van der Waals surface area contributed by atoms with Crippen molar-refractivity contribution < 1.29 is 27.2 Å². The molecule has 0 N–H and O–H groups in total. The molecule has 0 saturated carbocycles. The van der Waals surface area contributed by atoms with Gasteiger partial charge < -0.3 is 14.0 Å². The largest absolute Gasteiger partial charge is 0.493 e. The van der Waals surface area contributed by atoms with E-state index < -0.39 is 16.0 Å². The van der Waals surface area contributed by atoms with E-state index in [-0.39, 0.29) is 23.0 Å². The van der Waals surface area contributed by atoms with Crippen molar-refractivity contribution in [1.82, 2.24) is 14.4 Å². The van der Waals surface area contributed by atoms with Gasteiger partial charge in [-0.25, -0.2) is 13.2 Å². The molecule has 0 spiro atoms. The van der Waals surface area contributed by atoms with Crippen molar-refractivity contribution in [1.29, 1.82) is 0 Å². The first kappa shape index (κ1) is 22.0. The maximum Gasteiger partial charge on any atom is 0.338 e. The van der Waals surface area contributed by atoms with Crippen molar-refractivity contribution in [2.75, 3.05) is 19.7 Å². The third kappa shape index (κ3) is 4.66. The second kappa shape index (κ2) is 9.49. The normalized spacial score (nSPS) is 14.4. The zero-order valence-electron chi connectivity index (χ0n) is 17.6. The molecule has 168 valence electrons. The summed E-state index contributed by atoms with van der Waals surface area (Å²) in [5, 5.41) is 3.93. The van der Waals surface area contributed by atoms with Crippen LogP contribution in [0.3, 0.4) is 0 Å². The number of sulfonamides is 1. The molecule has 2 aromatic carbocycles. The quantitative estimate of drug-likeness (QED) is 0.474. The summed E-state index contributed by atoms with van der Waals surface area (Å²) in [5.41, 5.74) is 0.794. The van der Waals surface area contributed by atoms with E-state index in [2.05, 4.69) is 10.1 Å². The molecule has 10 heteroatoms. The second-order valence-electron chi connectivity index (χ2n) is 7.16. The molecular formula is C22H23N3O6S. The molecule has 4 rings (SSSR count). The van der Waals surface area contributed by atoms with E-state index in [1.165, 1.54) is 28.6 Å². The number of nitrogens with zero attached hydrogens (tertiary/aromatic N) is 3. The molecule has 0 amide bonds. The highest BCUT2D eigenvalue weighted by Gasteiger charge is 2.27. The van der Waals surface area contributed by atoms with E-state index in [0.717, 1.165) is 12.8 Å². The minimum atomic E-state index is -3.63. The first-order valence-electron chi connectivity index (χ1n) is 10.3. The summed E-state index contributed by atoms with van der Waals surface area (Å²) < 4.78 is 42.9. The van der Waals surface area contributed by atoms with Crippen LogP contribution in [-0.2, 0) is 21.4 Å². The van der Waals surface area contributed by atoms with Gasteiger partial charge in [-0.05, 0) is 50.1 Å². The molecule has 1 aliphatic heterocycles. The minimum Gasteiger partial charge on any atom is -0.493 e. The van der Waals surface area contributed by atoms with Crippen LogP contribution >= 0.6 is 0 Å². The Labute approximate surface area is 186 Å². The Morgan fingerprint density at radius 2 is 1.91 bits per heavy atom. The van der Waals surface area contributed by atoms with Gasteiger partial charge in [-0.3, -0.25) is 0 Å². The fourth-order valence-corrected chi connectivity index (χ4v) is 4.99. The summed E-state index contributed by atoms with van der Waals surface area (Å²) in [6, 6.07) is 13.1. The van der Waals surface area contributed by atoms with Crippen molar-refractivity contribution in [2.24, 2.45) is 0 Å². The first-order valence-corrected chi connectivity index (χ1v) is 11.7. The van der Waals surface area contributed by atoms with Crippen molar-refractivity contribution in [2.45, 2.75) is 31.3 Å². The number of carbonyl (C=O) groups is 1. The predicted octanol–water partition coefficient (Wildman–Crippen LogP) is 3.28. The van der Waals surface area contributed by atoms with Gasteiger partial charge in [0.2, 0.25) is 15.8 Å². The van der Waals surface area contributed by atoms with Gasteiger partial charge in [0.1, 0.15) is 5.75 Å². The van der Waals surface area contributed by atoms with Crippen LogP contribution in [0.1, 0.15) is 36.0 Å². The fourth-order valence-electron chi connectivity index (χ4n) is 3.43. The van der Waals surface area contributed by atoms with Crippen molar-refractivity contribution in [3.05, 3.63) is 60.0 Å². The van der Waals surface area contributed by atoms with Crippen LogP contribution in [0.5, 0.6) is 5.75 Å². The molecule has 0 atom stereocenters. The summed E-state index contributed by atoms with van der Waals surface area (Å²) in [7, 11) is -3.63. The topological polar surface area (TPSA) is 112 Å². The second-order valence-corrected chi connectivity index (χ2v) is 9.09. The number of benzene rings is 2. The summed E-state index contributed by atoms with van der Waals surface area (Å²) in [6.07, 6.45) is 1.67. The Morgan fingerprint density at radius 1 is 1.12 bits per heavy atom. The zero-order chi connectivity index (χ0) is 22.6. The Bertz CT molecular complexity index is 1200. The van der Waals surface area contributed by atoms with E-state index in [1.54, 1.807) is 12.1 Å². The highest BCUT2D eigenvalue weighted by atomic mass is 32.2. The molecule has 1 aliphatic rings. The number of aromatic nitrogens is 2. The van der Waals surface area contributed by atoms with Crippen molar-refractivity contribution in [3.8, 4) is 17.1 Å². The summed E-state index contributed by atoms with van der Waals surface area (Å²) >= 11 is 0.